The normalized spacial score (nSPS) is 16.7. The molecule has 1 aliphatic carbocycles. The van der Waals surface area contributed by atoms with Crippen molar-refractivity contribution < 1.29 is 52.4 Å². The molecular formula is C32H30F2O9S2. The van der Waals surface area contributed by atoms with E-state index in [2.05, 4.69) is 0 Å². The van der Waals surface area contributed by atoms with E-state index >= 15 is 8.78 Å². The molecule has 9 nitrogen and oxygen atoms in total. The largest absolute Gasteiger partial charge is 0.496 e. The smallest absolute Gasteiger partial charge is 0.307 e. The van der Waals surface area contributed by atoms with E-state index in [1.54, 1.807) is 12.1 Å². The van der Waals surface area contributed by atoms with Crippen LogP contribution in [-0.4, -0.2) is 54.5 Å². The van der Waals surface area contributed by atoms with Crippen molar-refractivity contribution in [3.8, 4) is 17.2 Å². The minimum Gasteiger partial charge on any atom is -0.496 e. The average molecular weight is 661 g/mol. The van der Waals surface area contributed by atoms with Crippen molar-refractivity contribution in [3.63, 3.8) is 0 Å². The Labute approximate surface area is 264 Å². The number of ether oxygens (including phenoxy) is 3. The number of aliphatic carboxylic acids is 2. The summed E-state index contributed by atoms with van der Waals surface area (Å²) in [5.41, 5.74) is 0.254. The molecule has 5 rings (SSSR count). The molecule has 45 heavy (non-hydrogen) atoms. The van der Waals surface area contributed by atoms with Gasteiger partial charge in [0.25, 0.3) is 0 Å². The summed E-state index contributed by atoms with van der Waals surface area (Å²) < 4.78 is 48.8. The number of hydrogen-bond donors (Lipinski definition) is 2. The number of carboxylic acid groups (broad SMARTS) is 2. The molecule has 1 fully saturated rings. The molecule has 4 aromatic rings. The van der Waals surface area contributed by atoms with Gasteiger partial charge in [-0.3, -0.25) is 19.2 Å². The molecule has 2 aromatic heterocycles. The first-order chi connectivity index (χ1) is 21.4. The van der Waals surface area contributed by atoms with Crippen LogP contribution in [0.4, 0.5) is 8.78 Å². The van der Waals surface area contributed by atoms with Crippen LogP contribution in [0.25, 0.3) is 20.2 Å². The van der Waals surface area contributed by atoms with E-state index < -0.39 is 41.3 Å². The van der Waals surface area contributed by atoms with Crippen molar-refractivity contribution in [1.82, 2.24) is 0 Å². The number of fused-ring (bicyclic) bond motifs is 2. The SMILES string of the molecule is COc1cc2sc(C(=O)C[C@H](C)C(=O)O)cc2c(F)c1CCCOc1c(OC)cc2sc(C(=O)[C@@H]3CCC3C(=O)O)cc2c1F. The number of carbonyl (C=O) groups excluding carboxylic acids is 2. The van der Waals surface area contributed by atoms with E-state index in [0.29, 0.717) is 22.2 Å². The Morgan fingerprint density at radius 1 is 0.889 bits per heavy atom. The Bertz CT molecular complexity index is 1830. The van der Waals surface area contributed by atoms with Crippen molar-refractivity contribution in [2.75, 3.05) is 20.8 Å². The lowest BCUT2D eigenvalue weighted by Crippen LogP contribution is -2.37. The molecule has 1 unspecified atom stereocenters. The number of thiophene rings is 2. The molecule has 2 heterocycles. The van der Waals surface area contributed by atoms with Crippen LogP contribution in [0.3, 0.4) is 0 Å². The molecule has 0 aliphatic heterocycles. The molecule has 1 saturated carbocycles. The Hall–Kier alpha value is -4.10. The van der Waals surface area contributed by atoms with E-state index in [0.717, 1.165) is 22.7 Å². The number of carboxylic acids is 2. The Balaban J connectivity index is 1.31. The van der Waals surface area contributed by atoms with Crippen LogP contribution in [-0.2, 0) is 16.0 Å². The summed E-state index contributed by atoms with van der Waals surface area (Å²) in [7, 11) is 2.76. The summed E-state index contributed by atoms with van der Waals surface area (Å²) in [6.45, 7) is 1.42. The van der Waals surface area contributed by atoms with Gasteiger partial charge < -0.3 is 24.4 Å². The maximum absolute atomic E-state index is 15.7. The molecule has 0 spiro atoms. The van der Waals surface area contributed by atoms with Crippen molar-refractivity contribution >= 4 is 66.4 Å². The number of Topliss-reactive ketones (excluding diaryl/α,β-unsaturated/α-hetero) is 2. The highest BCUT2D eigenvalue weighted by molar-refractivity contribution is 7.21. The van der Waals surface area contributed by atoms with Crippen LogP contribution >= 0.6 is 22.7 Å². The zero-order valence-electron chi connectivity index (χ0n) is 24.6. The maximum Gasteiger partial charge on any atom is 0.307 e. The lowest BCUT2D eigenvalue weighted by Gasteiger charge is -2.31. The summed E-state index contributed by atoms with van der Waals surface area (Å²) in [5, 5.41) is 18.8. The summed E-state index contributed by atoms with van der Waals surface area (Å²) >= 11 is 2.13. The minimum absolute atomic E-state index is 0.0157. The topological polar surface area (TPSA) is 136 Å². The second kappa shape index (κ2) is 13.1. The zero-order chi connectivity index (χ0) is 32.6. The number of hydrogen-bond acceptors (Lipinski definition) is 9. The van der Waals surface area contributed by atoms with Crippen LogP contribution in [0, 0.1) is 29.4 Å². The summed E-state index contributed by atoms with van der Waals surface area (Å²) in [6.07, 6.45) is 1.13. The maximum atomic E-state index is 15.7. The molecule has 3 atom stereocenters. The highest BCUT2D eigenvalue weighted by Crippen LogP contribution is 2.43. The highest BCUT2D eigenvalue weighted by atomic mass is 32.1. The molecule has 2 aromatic carbocycles. The van der Waals surface area contributed by atoms with Crippen molar-refractivity contribution in [3.05, 3.63) is 51.2 Å². The fourth-order valence-corrected chi connectivity index (χ4v) is 7.53. The molecule has 0 saturated heterocycles. The van der Waals surface area contributed by atoms with E-state index in [4.69, 9.17) is 19.3 Å². The van der Waals surface area contributed by atoms with Gasteiger partial charge in [-0.1, -0.05) is 6.92 Å². The van der Waals surface area contributed by atoms with Gasteiger partial charge in [0.05, 0.1) is 42.4 Å². The average Bonchev–Trinajstić information content (AvgIpc) is 3.61. The molecular weight excluding hydrogens is 630 g/mol. The number of benzene rings is 2. The second-order valence-corrected chi connectivity index (χ2v) is 13.1. The fraction of sp³-hybridized carbons (Fsp3) is 0.375. The van der Waals surface area contributed by atoms with Crippen LogP contribution in [0.1, 0.15) is 57.5 Å². The van der Waals surface area contributed by atoms with Crippen LogP contribution in [0.5, 0.6) is 17.2 Å². The van der Waals surface area contributed by atoms with Crippen molar-refractivity contribution in [1.29, 1.82) is 0 Å². The third-order valence-electron chi connectivity index (χ3n) is 8.12. The lowest BCUT2D eigenvalue weighted by atomic mass is 9.71. The van der Waals surface area contributed by atoms with E-state index in [9.17, 15) is 24.3 Å². The lowest BCUT2D eigenvalue weighted by molar-refractivity contribution is -0.146. The van der Waals surface area contributed by atoms with Crippen molar-refractivity contribution in [2.45, 2.75) is 39.0 Å². The number of carbonyl (C=O) groups is 4. The molecule has 0 bridgehead atoms. The number of ketones is 2. The predicted molar refractivity (Wildman–Crippen MR) is 164 cm³/mol. The van der Waals surface area contributed by atoms with Gasteiger partial charge in [0, 0.05) is 44.1 Å². The molecule has 1 aliphatic rings. The molecule has 13 heteroatoms. The Morgan fingerprint density at radius 3 is 2.09 bits per heavy atom. The van der Waals surface area contributed by atoms with Crippen LogP contribution in [0.15, 0.2) is 24.3 Å². The van der Waals surface area contributed by atoms with Gasteiger partial charge in [0.1, 0.15) is 11.6 Å². The number of halogens is 2. The second-order valence-electron chi connectivity index (χ2n) is 10.9. The first-order valence-corrected chi connectivity index (χ1v) is 15.8. The Morgan fingerprint density at radius 2 is 1.49 bits per heavy atom. The first kappa shape index (κ1) is 32.3. The van der Waals surface area contributed by atoms with E-state index in [1.165, 1.54) is 33.3 Å². The van der Waals surface area contributed by atoms with Gasteiger partial charge in [0.15, 0.2) is 28.9 Å². The van der Waals surface area contributed by atoms with Crippen LogP contribution in [0.2, 0.25) is 0 Å². The van der Waals surface area contributed by atoms with Crippen LogP contribution < -0.4 is 14.2 Å². The monoisotopic (exact) mass is 660 g/mol. The van der Waals surface area contributed by atoms with Crippen molar-refractivity contribution in [2.24, 2.45) is 17.8 Å². The minimum atomic E-state index is -1.09. The fourth-order valence-electron chi connectivity index (χ4n) is 5.40. The van der Waals surface area contributed by atoms with Gasteiger partial charge >= 0.3 is 11.9 Å². The quantitative estimate of drug-likeness (QED) is 0.108. The molecule has 2 N–H and O–H groups in total. The third kappa shape index (κ3) is 6.23. The van der Waals surface area contributed by atoms with Gasteiger partial charge in [0.2, 0.25) is 0 Å². The molecule has 0 amide bonds. The van der Waals surface area contributed by atoms with Gasteiger partial charge in [-0.2, -0.15) is 0 Å². The number of rotatable bonds is 14. The summed E-state index contributed by atoms with van der Waals surface area (Å²) in [4.78, 5) is 48.6. The van der Waals surface area contributed by atoms with Gasteiger partial charge in [-0.05, 0) is 43.9 Å². The summed E-state index contributed by atoms with van der Waals surface area (Å²) in [6, 6.07) is 6.03. The summed E-state index contributed by atoms with van der Waals surface area (Å²) in [5.74, 6) is -6.10. The van der Waals surface area contributed by atoms with E-state index in [-0.39, 0.29) is 80.8 Å². The highest BCUT2D eigenvalue weighted by Gasteiger charge is 2.42. The predicted octanol–water partition coefficient (Wildman–Crippen LogP) is 7.01. The first-order valence-electron chi connectivity index (χ1n) is 14.2. The molecule has 238 valence electrons. The number of methoxy groups -OCH3 is 2. The van der Waals surface area contributed by atoms with Gasteiger partial charge in [-0.25, -0.2) is 8.78 Å². The zero-order valence-corrected chi connectivity index (χ0v) is 26.2. The Kier molecular flexibility index (Phi) is 9.40. The molecule has 0 radical (unpaired) electrons. The van der Waals surface area contributed by atoms with Gasteiger partial charge in [-0.15, -0.1) is 22.7 Å². The standard InChI is InChI=1S/C32H30F2O9S2/c1-14(31(37)38)9-20(35)25-10-18-23(44-25)12-21(41-2)17(27(18)33)5-4-8-43-30-22(42-3)13-24-19(28(30)34)11-26(45-24)29(36)15-6-7-16(15)32(39)40/h10-16H,4-9H2,1-3H3,(H,37,38)(H,39,40)/t14-,15+,16?/m0/s1. The third-order valence-corrected chi connectivity index (χ3v) is 10.3. The van der Waals surface area contributed by atoms with E-state index in [1.807, 2.05) is 0 Å².